The zero-order valence-electron chi connectivity index (χ0n) is 11.2. The summed E-state index contributed by atoms with van der Waals surface area (Å²) in [5.74, 6) is 1.23. The SMILES string of the molecule is CCCN1CC(CO)C[C@@H]2Cc3c[nH]cc3CC21. The number of aromatic nitrogens is 1. The van der Waals surface area contributed by atoms with Crippen molar-refractivity contribution < 1.29 is 5.11 Å². The van der Waals surface area contributed by atoms with Crippen LogP contribution in [0, 0.1) is 11.8 Å². The fourth-order valence-corrected chi connectivity index (χ4v) is 3.93. The van der Waals surface area contributed by atoms with Gasteiger partial charge in [0.2, 0.25) is 0 Å². The Labute approximate surface area is 109 Å². The van der Waals surface area contributed by atoms with Crippen LogP contribution >= 0.6 is 0 Å². The van der Waals surface area contributed by atoms with Gasteiger partial charge in [-0.2, -0.15) is 0 Å². The average Bonchev–Trinajstić information content (AvgIpc) is 2.83. The molecule has 1 aliphatic heterocycles. The molecule has 18 heavy (non-hydrogen) atoms. The second kappa shape index (κ2) is 5.06. The van der Waals surface area contributed by atoms with Crippen LogP contribution < -0.4 is 0 Å². The van der Waals surface area contributed by atoms with Crippen molar-refractivity contribution in [2.75, 3.05) is 19.7 Å². The second-order valence-electron chi connectivity index (χ2n) is 6.02. The molecule has 0 saturated carbocycles. The standard InChI is InChI=1S/C15H24N2O/c1-2-3-17-9-11(10-18)4-12-5-13-7-16-8-14(13)6-15(12)17/h7-8,11-12,15-16,18H,2-6,9-10H2,1H3/t11?,12-,15?/m1/s1. The van der Waals surface area contributed by atoms with Crippen LogP contribution in [0.1, 0.15) is 30.9 Å². The number of piperidine rings is 1. The lowest BCUT2D eigenvalue weighted by Crippen LogP contribution is -2.52. The van der Waals surface area contributed by atoms with Crippen molar-refractivity contribution in [2.45, 2.75) is 38.6 Å². The summed E-state index contributed by atoms with van der Waals surface area (Å²) in [7, 11) is 0. The highest BCUT2D eigenvalue weighted by atomic mass is 16.3. The molecule has 0 radical (unpaired) electrons. The number of fused-ring (bicyclic) bond motifs is 2. The minimum Gasteiger partial charge on any atom is -0.396 e. The minimum atomic E-state index is 0.351. The highest BCUT2D eigenvalue weighted by Crippen LogP contribution is 2.36. The lowest BCUT2D eigenvalue weighted by Gasteiger charge is -2.46. The van der Waals surface area contributed by atoms with E-state index in [-0.39, 0.29) is 0 Å². The molecule has 2 unspecified atom stereocenters. The molecule has 1 aromatic rings. The molecule has 3 rings (SSSR count). The number of nitrogens with one attached hydrogen (secondary N) is 1. The Balaban J connectivity index is 1.81. The average molecular weight is 248 g/mol. The molecule has 3 nitrogen and oxygen atoms in total. The van der Waals surface area contributed by atoms with Crippen molar-refractivity contribution in [1.29, 1.82) is 0 Å². The van der Waals surface area contributed by atoms with Crippen LogP contribution in [0.15, 0.2) is 12.4 Å². The first-order valence-corrected chi connectivity index (χ1v) is 7.31. The van der Waals surface area contributed by atoms with Gasteiger partial charge >= 0.3 is 0 Å². The largest absolute Gasteiger partial charge is 0.396 e. The molecule has 1 aromatic heterocycles. The van der Waals surface area contributed by atoms with E-state index in [1.54, 1.807) is 0 Å². The topological polar surface area (TPSA) is 39.3 Å². The number of aliphatic hydroxyl groups is 1. The van der Waals surface area contributed by atoms with E-state index in [0.717, 1.165) is 12.5 Å². The van der Waals surface area contributed by atoms with Crippen molar-refractivity contribution in [3.8, 4) is 0 Å². The van der Waals surface area contributed by atoms with E-state index in [2.05, 4.69) is 29.2 Å². The van der Waals surface area contributed by atoms with Crippen LogP contribution in [0.4, 0.5) is 0 Å². The smallest absolute Gasteiger partial charge is 0.0471 e. The number of aliphatic hydroxyl groups excluding tert-OH is 1. The molecule has 2 N–H and O–H groups in total. The van der Waals surface area contributed by atoms with E-state index in [9.17, 15) is 5.11 Å². The Morgan fingerprint density at radius 2 is 2.11 bits per heavy atom. The first-order valence-electron chi connectivity index (χ1n) is 7.31. The first kappa shape index (κ1) is 12.2. The molecule has 1 saturated heterocycles. The summed E-state index contributed by atoms with van der Waals surface area (Å²) < 4.78 is 0. The maximum Gasteiger partial charge on any atom is 0.0471 e. The molecule has 0 spiro atoms. The van der Waals surface area contributed by atoms with Gasteiger partial charge in [0.05, 0.1) is 0 Å². The van der Waals surface area contributed by atoms with E-state index in [4.69, 9.17) is 0 Å². The highest BCUT2D eigenvalue weighted by molar-refractivity contribution is 5.28. The summed E-state index contributed by atoms with van der Waals surface area (Å²) in [5, 5.41) is 9.49. The van der Waals surface area contributed by atoms with E-state index in [1.807, 2.05) is 0 Å². The zero-order chi connectivity index (χ0) is 12.5. The minimum absolute atomic E-state index is 0.351. The second-order valence-corrected chi connectivity index (χ2v) is 6.02. The summed E-state index contributed by atoms with van der Waals surface area (Å²) in [6.07, 6.45) is 9.14. The molecule has 0 bridgehead atoms. The van der Waals surface area contributed by atoms with E-state index < -0.39 is 0 Å². The molecule has 0 amide bonds. The number of nitrogens with zero attached hydrogens (tertiary/aromatic N) is 1. The number of H-pyrrole nitrogens is 1. The van der Waals surface area contributed by atoms with Crippen molar-refractivity contribution in [2.24, 2.45) is 11.8 Å². The Hall–Kier alpha value is -0.800. The molecule has 0 aromatic carbocycles. The quantitative estimate of drug-likeness (QED) is 0.856. The third-order valence-electron chi connectivity index (χ3n) is 4.75. The van der Waals surface area contributed by atoms with Crippen molar-refractivity contribution in [1.82, 2.24) is 9.88 Å². The van der Waals surface area contributed by atoms with Crippen LogP contribution in [0.5, 0.6) is 0 Å². The monoisotopic (exact) mass is 248 g/mol. The summed E-state index contributed by atoms with van der Waals surface area (Å²) in [5.41, 5.74) is 3.02. The van der Waals surface area contributed by atoms with Crippen LogP contribution in [0.25, 0.3) is 0 Å². The molecule has 2 aliphatic rings. The van der Waals surface area contributed by atoms with Crippen molar-refractivity contribution in [3.05, 3.63) is 23.5 Å². The van der Waals surface area contributed by atoms with Gasteiger partial charge in [0.1, 0.15) is 0 Å². The van der Waals surface area contributed by atoms with E-state index >= 15 is 0 Å². The first-order chi connectivity index (χ1) is 8.81. The number of aromatic amines is 1. The van der Waals surface area contributed by atoms with Crippen molar-refractivity contribution >= 4 is 0 Å². The van der Waals surface area contributed by atoms with Gasteiger partial charge in [-0.3, -0.25) is 4.90 Å². The summed E-state index contributed by atoms with van der Waals surface area (Å²) in [6.45, 7) is 4.87. The van der Waals surface area contributed by atoms with E-state index in [0.29, 0.717) is 18.6 Å². The van der Waals surface area contributed by atoms with E-state index in [1.165, 1.54) is 43.4 Å². The normalized spacial score (nSPS) is 32.0. The van der Waals surface area contributed by atoms with Crippen molar-refractivity contribution in [3.63, 3.8) is 0 Å². The molecule has 3 atom stereocenters. The van der Waals surface area contributed by atoms with Gasteiger partial charge in [0.15, 0.2) is 0 Å². The Morgan fingerprint density at radius 1 is 1.33 bits per heavy atom. The molecule has 1 fully saturated rings. The predicted molar refractivity (Wildman–Crippen MR) is 72.5 cm³/mol. The van der Waals surface area contributed by atoms with Gasteiger partial charge in [-0.25, -0.2) is 0 Å². The summed E-state index contributed by atoms with van der Waals surface area (Å²) in [6, 6.07) is 0.705. The van der Waals surface area contributed by atoms with Gasteiger partial charge in [-0.1, -0.05) is 6.92 Å². The summed E-state index contributed by atoms with van der Waals surface area (Å²) >= 11 is 0. The Bertz CT molecular complexity index is 401. The lowest BCUT2D eigenvalue weighted by atomic mass is 9.73. The van der Waals surface area contributed by atoms with Crippen LogP contribution in [-0.2, 0) is 12.8 Å². The number of rotatable bonds is 3. The third kappa shape index (κ3) is 2.10. The Kier molecular flexibility index (Phi) is 3.44. The number of hydrogen-bond donors (Lipinski definition) is 2. The van der Waals surface area contributed by atoms with Gasteiger partial charge in [-0.15, -0.1) is 0 Å². The fraction of sp³-hybridized carbons (Fsp3) is 0.733. The Morgan fingerprint density at radius 3 is 2.83 bits per heavy atom. The van der Waals surface area contributed by atoms with Crippen LogP contribution in [-0.4, -0.2) is 40.7 Å². The predicted octanol–water partition coefficient (Wildman–Crippen LogP) is 1.82. The maximum atomic E-state index is 9.49. The van der Waals surface area contributed by atoms with Crippen LogP contribution in [0.2, 0.25) is 0 Å². The van der Waals surface area contributed by atoms with Gasteiger partial charge in [0.25, 0.3) is 0 Å². The molecular weight excluding hydrogens is 224 g/mol. The highest BCUT2D eigenvalue weighted by Gasteiger charge is 2.38. The molecule has 1 aliphatic carbocycles. The zero-order valence-corrected chi connectivity index (χ0v) is 11.2. The number of hydrogen-bond acceptors (Lipinski definition) is 2. The van der Waals surface area contributed by atoms with Gasteiger partial charge in [0, 0.05) is 31.6 Å². The molecule has 3 heteroatoms. The molecule has 2 heterocycles. The maximum absolute atomic E-state index is 9.49. The molecular formula is C15H24N2O. The number of likely N-dealkylation sites (tertiary alicyclic amines) is 1. The third-order valence-corrected chi connectivity index (χ3v) is 4.75. The lowest BCUT2D eigenvalue weighted by molar-refractivity contribution is 0.0275. The van der Waals surface area contributed by atoms with Crippen LogP contribution in [0.3, 0.4) is 0 Å². The molecule has 100 valence electrons. The summed E-state index contributed by atoms with van der Waals surface area (Å²) in [4.78, 5) is 5.88. The van der Waals surface area contributed by atoms with Gasteiger partial charge < -0.3 is 10.1 Å². The van der Waals surface area contributed by atoms with Gasteiger partial charge in [-0.05, 0) is 55.2 Å². The fourth-order valence-electron chi connectivity index (χ4n) is 3.93.